The Morgan fingerprint density at radius 2 is 1.21 bits per heavy atom. The van der Waals surface area contributed by atoms with Crippen LogP contribution in [0.4, 0.5) is 11.4 Å². The quantitative estimate of drug-likeness (QED) is 0.117. The van der Waals surface area contributed by atoms with E-state index in [1.54, 1.807) is 0 Å². The molecule has 0 aliphatic heterocycles. The maximum atomic E-state index is 11.5. The Labute approximate surface area is 246 Å². The normalized spacial score (nSPS) is 11.4. The van der Waals surface area contributed by atoms with Crippen molar-refractivity contribution in [3.63, 3.8) is 0 Å². The minimum Gasteiger partial charge on any atom is -0.873 e. The third-order valence-electron chi connectivity index (χ3n) is 6.26. The Kier molecular flexibility index (Phi) is 17.6. The van der Waals surface area contributed by atoms with Crippen molar-refractivity contribution in [2.75, 3.05) is 0 Å². The van der Waals surface area contributed by atoms with Gasteiger partial charge in [0, 0.05) is 0 Å². The fourth-order valence-electron chi connectivity index (χ4n) is 4.17. The summed E-state index contributed by atoms with van der Waals surface area (Å²) in [5.74, 6) is -0.640. The molecule has 0 N–H and O–H groups in total. The van der Waals surface area contributed by atoms with Crippen molar-refractivity contribution < 1.29 is 26.7 Å². The first-order chi connectivity index (χ1) is 18.5. The first-order valence-corrected chi connectivity index (χ1v) is 14.3. The molecular weight excluding hydrogens is 527 g/mol. The van der Waals surface area contributed by atoms with Crippen LogP contribution in [0.1, 0.15) is 90.2 Å². The zero-order valence-corrected chi connectivity index (χ0v) is 25.0. The van der Waals surface area contributed by atoms with Gasteiger partial charge in [-0.2, -0.15) is 0 Å². The second-order valence-corrected chi connectivity index (χ2v) is 9.53. The maximum absolute atomic E-state index is 11.5. The number of hydrogen-bond acceptors (Lipinski definition) is 4. The number of aliphatic imine (C=N–C) groups is 2. The van der Waals surface area contributed by atoms with E-state index in [1.165, 1.54) is 18.9 Å². The van der Waals surface area contributed by atoms with E-state index in [-0.39, 0.29) is 28.0 Å². The van der Waals surface area contributed by atoms with Crippen LogP contribution in [0.2, 0.25) is 0 Å². The third-order valence-corrected chi connectivity index (χ3v) is 6.26. The number of benzene rings is 3. The predicted octanol–water partition coefficient (Wildman–Crippen LogP) is 8.65. The van der Waals surface area contributed by atoms with Crippen molar-refractivity contribution >= 4 is 22.8 Å². The van der Waals surface area contributed by atoms with Crippen molar-refractivity contribution in [1.82, 2.24) is 0 Å². The summed E-state index contributed by atoms with van der Waals surface area (Å²) in [6.45, 7) is 8.53. The van der Waals surface area contributed by atoms with Gasteiger partial charge in [0.05, 0.1) is 22.8 Å². The van der Waals surface area contributed by atoms with E-state index >= 15 is 0 Å². The molecule has 4 nitrogen and oxygen atoms in total. The number of unbranched alkanes of at least 4 members (excludes halogenated alkanes) is 3. The van der Waals surface area contributed by atoms with Crippen LogP contribution >= 0.6 is 0 Å². The van der Waals surface area contributed by atoms with Gasteiger partial charge in [-0.15, -0.1) is 11.5 Å². The van der Waals surface area contributed by atoms with Gasteiger partial charge in [-0.1, -0.05) is 107 Å². The molecule has 0 aromatic heterocycles. The Morgan fingerprint density at radius 3 is 1.72 bits per heavy atom. The number of aryl methyl sites for hydroxylation is 2. The van der Waals surface area contributed by atoms with Gasteiger partial charge in [0.25, 0.3) is 0 Å². The van der Waals surface area contributed by atoms with Crippen LogP contribution in [0.25, 0.3) is 0 Å². The molecule has 212 valence electrons. The largest absolute Gasteiger partial charge is 2.00 e. The smallest absolute Gasteiger partial charge is 0.873 e. The molecule has 0 atom stereocenters. The van der Waals surface area contributed by atoms with Gasteiger partial charge < -0.3 is 10.2 Å². The summed E-state index contributed by atoms with van der Waals surface area (Å²) < 4.78 is 0. The van der Waals surface area contributed by atoms with Gasteiger partial charge in [-0.25, -0.2) is 0 Å². The van der Waals surface area contributed by atoms with Gasteiger partial charge >= 0.3 is 16.5 Å². The third kappa shape index (κ3) is 12.7. The Hall–Kier alpha value is -2.91. The van der Waals surface area contributed by atoms with E-state index in [1.807, 2.05) is 73.7 Å². The van der Waals surface area contributed by atoms with Crippen LogP contribution in [0.3, 0.4) is 0 Å². The van der Waals surface area contributed by atoms with E-state index in [0.29, 0.717) is 5.56 Å². The summed E-state index contributed by atoms with van der Waals surface area (Å²) in [6, 6.07) is 23.7. The van der Waals surface area contributed by atoms with Crippen molar-refractivity contribution in [1.29, 1.82) is 0 Å². The standard InChI is InChI=1S/C20H24N2.C14H22O2.Ni/c1-3-5-16-20(22-18-14-10-7-11-15-18)19(4-2)21-17-12-8-6-9-13-17;1-3-5-6-8-11-9-12(7-4-2)14(16)13(15)10-11;/h6-15H,3-5,16H2,1-2H3;9-10,15-16H,3-8H2,1-2H3;/q;;+2/p-2. The fraction of sp³-hybridized carbons (Fsp3) is 0.412. The first kappa shape index (κ1) is 34.1. The number of para-hydroxylation sites is 2. The average molecular weight is 571 g/mol. The Morgan fingerprint density at radius 1 is 0.641 bits per heavy atom. The molecule has 0 aliphatic rings. The zero-order chi connectivity index (χ0) is 27.6. The molecule has 0 aliphatic carbocycles. The Balaban J connectivity index is 0.000000399. The zero-order valence-electron chi connectivity index (χ0n) is 24.0. The van der Waals surface area contributed by atoms with E-state index in [0.717, 1.165) is 79.7 Å². The topological polar surface area (TPSA) is 70.8 Å². The first-order valence-electron chi connectivity index (χ1n) is 14.3. The molecule has 3 aromatic carbocycles. The molecule has 0 spiro atoms. The van der Waals surface area contributed by atoms with Gasteiger partial charge in [-0.05, 0) is 68.4 Å². The SMILES string of the molecule is CCCCC(=Nc1ccccc1)C(CC)=Nc1ccccc1.CCCCCc1cc([O-])c([O-])c(CCC)c1.[Ni+2]. The number of hydrogen-bond donors (Lipinski definition) is 0. The molecule has 3 aromatic rings. The minimum atomic E-state index is -0.336. The van der Waals surface area contributed by atoms with Crippen LogP contribution in [0.15, 0.2) is 82.8 Å². The summed E-state index contributed by atoms with van der Waals surface area (Å²) in [6.07, 6.45) is 10.2. The van der Waals surface area contributed by atoms with Crippen molar-refractivity contribution in [3.8, 4) is 11.5 Å². The Bertz CT molecular complexity index is 1130. The van der Waals surface area contributed by atoms with Gasteiger partial charge in [-0.3, -0.25) is 9.98 Å². The van der Waals surface area contributed by atoms with E-state index in [9.17, 15) is 10.2 Å². The molecule has 0 saturated heterocycles. The van der Waals surface area contributed by atoms with Crippen molar-refractivity contribution in [2.45, 2.75) is 91.9 Å². The molecule has 0 unspecified atom stereocenters. The van der Waals surface area contributed by atoms with Crippen LogP contribution in [0, 0.1) is 0 Å². The molecule has 3 rings (SSSR count). The summed E-state index contributed by atoms with van der Waals surface area (Å²) >= 11 is 0. The molecule has 0 heterocycles. The summed E-state index contributed by atoms with van der Waals surface area (Å²) in [5, 5.41) is 23.0. The second kappa shape index (κ2) is 20.1. The predicted molar refractivity (Wildman–Crippen MR) is 159 cm³/mol. The molecule has 0 radical (unpaired) electrons. The maximum Gasteiger partial charge on any atom is 2.00 e. The molecule has 5 heteroatoms. The summed E-state index contributed by atoms with van der Waals surface area (Å²) in [4.78, 5) is 9.66. The molecule has 0 fully saturated rings. The van der Waals surface area contributed by atoms with Crippen LogP contribution < -0.4 is 10.2 Å². The number of rotatable bonds is 13. The summed E-state index contributed by atoms with van der Waals surface area (Å²) in [5.41, 5.74) is 5.92. The van der Waals surface area contributed by atoms with Gasteiger partial charge in [0.1, 0.15) is 0 Å². The molecule has 0 saturated carbocycles. The molecule has 0 bridgehead atoms. The van der Waals surface area contributed by atoms with Crippen LogP contribution in [0.5, 0.6) is 11.5 Å². The van der Waals surface area contributed by atoms with Crippen LogP contribution in [-0.4, -0.2) is 11.4 Å². The van der Waals surface area contributed by atoms with E-state index in [4.69, 9.17) is 9.98 Å². The van der Waals surface area contributed by atoms with E-state index in [2.05, 4.69) is 20.8 Å². The second-order valence-electron chi connectivity index (χ2n) is 9.53. The van der Waals surface area contributed by atoms with Crippen molar-refractivity contribution in [2.24, 2.45) is 9.98 Å². The fourth-order valence-corrected chi connectivity index (χ4v) is 4.17. The van der Waals surface area contributed by atoms with Crippen molar-refractivity contribution in [3.05, 3.63) is 83.9 Å². The molecular formula is C34H44N2NiO2. The molecule has 0 amide bonds. The summed E-state index contributed by atoms with van der Waals surface area (Å²) in [7, 11) is 0. The number of nitrogens with zero attached hydrogens (tertiary/aromatic N) is 2. The van der Waals surface area contributed by atoms with Crippen LogP contribution in [-0.2, 0) is 29.3 Å². The van der Waals surface area contributed by atoms with Gasteiger partial charge in [0.15, 0.2) is 0 Å². The molecule has 39 heavy (non-hydrogen) atoms. The van der Waals surface area contributed by atoms with Gasteiger partial charge in [0.2, 0.25) is 0 Å². The minimum absolute atomic E-state index is 0. The van der Waals surface area contributed by atoms with E-state index < -0.39 is 0 Å². The monoisotopic (exact) mass is 570 g/mol. The average Bonchev–Trinajstić information content (AvgIpc) is 2.94.